The highest BCUT2D eigenvalue weighted by Crippen LogP contribution is 2.12. The van der Waals surface area contributed by atoms with Crippen molar-refractivity contribution >= 4 is 17.2 Å². The highest BCUT2D eigenvalue weighted by Gasteiger charge is 2.14. The Morgan fingerprint density at radius 1 is 1.27 bits per heavy atom. The summed E-state index contributed by atoms with van der Waals surface area (Å²) in [6, 6.07) is 4.22. The van der Waals surface area contributed by atoms with Crippen LogP contribution < -0.4 is 0 Å². The lowest BCUT2D eigenvalue weighted by molar-refractivity contribution is -0.130. The monoisotopic (exact) mass is 323 g/mol. The van der Waals surface area contributed by atoms with Gasteiger partial charge in [-0.05, 0) is 44.3 Å². The van der Waals surface area contributed by atoms with Crippen LogP contribution in [0.2, 0.25) is 0 Å². The Morgan fingerprint density at radius 3 is 2.73 bits per heavy atom. The Labute approximate surface area is 138 Å². The summed E-state index contributed by atoms with van der Waals surface area (Å²) >= 11 is 1.78. The number of hydrogen-bond donors (Lipinski definition) is 0. The molecule has 0 bridgehead atoms. The van der Waals surface area contributed by atoms with E-state index in [-0.39, 0.29) is 5.91 Å². The molecule has 22 heavy (non-hydrogen) atoms. The van der Waals surface area contributed by atoms with E-state index in [0.29, 0.717) is 6.42 Å². The summed E-state index contributed by atoms with van der Waals surface area (Å²) in [6.07, 6.45) is 3.74. The number of carbonyl (C=O) groups is 1. The molecule has 124 valence electrons. The summed E-state index contributed by atoms with van der Waals surface area (Å²) < 4.78 is 0. The Hall–Kier alpha value is -0.910. The van der Waals surface area contributed by atoms with Crippen LogP contribution >= 0.6 is 11.3 Å². The number of piperazine rings is 1. The van der Waals surface area contributed by atoms with Crippen LogP contribution in [0.5, 0.6) is 0 Å². The highest BCUT2D eigenvalue weighted by molar-refractivity contribution is 7.09. The van der Waals surface area contributed by atoms with Gasteiger partial charge in [-0.15, -0.1) is 11.3 Å². The van der Waals surface area contributed by atoms with Crippen molar-refractivity contribution < 1.29 is 4.79 Å². The molecule has 4 nitrogen and oxygen atoms in total. The molecule has 1 amide bonds. The number of nitrogens with zero attached hydrogens (tertiary/aromatic N) is 3. The molecule has 1 saturated heterocycles. The van der Waals surface area contributed by atoms with E-state index in [9.17, 15) is 4.79 Å². The van der Waals surface area contributed by atoms with E-state index in [4.69, 9.17) is 0 Å². The average Bonchev–Trinajstić information content (AvgIpc) is 3.02. The molecule has 0 spiro atoms. The average molecular weight is 324 g/mol. The van der Waals surface area contributed by atoms with E-state index in [2.05, 4.69) is 34.4 Å². The summed E-state index contributed by atoms with van der Waals surface area (Å²) in [7, 11) is 4.12. The van der Waals surface area contributed by atoms with Gasteiger partial charge in [0.25, 0.3) is 0 Å². The number of carbonyl (C=O) groups excluding carboxylic acids is 1. The van der Waals surface area contributed by atoms with Gasteiger partial charge in [0.05, 0.1) is 0 Å². The first-order valence-electron chi connectivity index (χ1n) is 8.32. The maximum absolute atomic E-state index is 12.1. The van der Waals surface area contributed by atoms with Crippen molar-refractivity contribution in [1.29, 1.82) is 0 Å². The van der Waals surface area contributed by atoms with Gasteiger partial charge in [0.15, 0.2) is 0 Å². The molecular weight excluding hydrogens is 294 g/mol. The van der Waals surface area contributed by atoms with Crippen LogP contribution in [0.3, 0.4) is 0 Å². The molecule has 0 aliphatic carbocycles. The topological polar surface area (TPSA) is 26.8 Å². The fourth-order valence-electron chi connectivity index (χ4n) is 2.79. The minimum atomic E-state index is 0.287. The van der Waals surface area contributed by atoms with Crippen molar-refractivity contribution in [3.8, 4) is 0 Å². The minimum Gasteiger partial charge on any atom is -0.346 e. The van der Waals surface area contributed by atoms with Gasteiger partial charge in [-0.3, -0.25) is 4.79 Å². The number of aryl methyl sites for hydroxylation is 1. The Bertz CT molecular complexity index is 427. The molecular formula is C17H29N3OS. The van der Waals surface area contributed by atoms with Gasteiger partial charge in [-0.2, -0.15) is 0 Å². The van der Waals surface area contributed by atoms with Crippen LogP contribution in [-0.2, 0) is 11.2 Å². The highest BCUT2D eigenvalue weighted by atomic mass is 32.1. The Morgan fingerprint density at radius 2 is 2.05 bits per heavy atom. The summed E-state index contributed by atoms with van der Waals surface area (Å²) in [5.41, 5.74) is 0. The molecule has 0 atom stereocenters. The lowest BCUT2D eigenvalue weighted by Gasteiger charge is -2.32. The predicted molar refractivity (Wildman–Crippen MR) is 93.4 cm³/mol. The van der Waals surface area contributed by atoms with Gasteiger partial charge < -0.3 is 14.7 Å². The fraction of sp³-hybridized carbons (Fsp3) is 0.706. The zero-order valence-electron chi connectivity index (χ0n) is 14.0. The van der Waals surface area contributed by atoms with E-state index < -0.39 is 0 Å². The van der Waals surface area contributed by atoms with Crippen molar-refractivity contribution in [1.82, 2.24) is 14.7 Å². The fourth-order valence-corrected chi connectivity index (χ4v) is 3.54. The predicted octanol–water partition coefficient (Wildman–Crippen LogP) is 2.17. The molecule has 0 N–H and O–H groups in total. The first-order chi connectivity index (χ1) is 10.6. The van der Waals surface area contributed by atoms with Gasteiger partial charge in [0, 0.05) is 51.1 Å². The smallest absolute Gasteiger partial charge is 0.222 e. The van der Waals surface area contributed by atoms with Crippen molar-refractivity contribution in [2.75, 3.05) is 53.4 Å². The van der Waals surface area contributed by atoms with Gasteiger partial charge in [0.2, 0.25) is 5.91 Å². The van der Waals surface area contributed by atoms with Crippen molar-refractivity contribution in [2.45, 2.75) is 25.7 Å². The number of rotatable bonds is 8. The van der Waals surface area contributed by atoms with Crippen LogP contribution in [0.25, 0.3) is 0 Å². The van der Waals surface area contributed by atoms with Crippen molar-refractivity contribution in [3.05, 3.63) is 22.4 Å². The van der Waals surface area contributed by atoms with Crippen LogP contribution in [0.15, 0.2) is 17.5 Å². The van der Waals surface area contributed by atoms with Crippen LogP contribution in [-0.4, -0.2) is 74.0 Å². The normalized spacial score (nSPS) is 16.8. The molecule has 0 unspecified atom stereocenters. The maximum atomic E-state index is 12.1. The Kier molecular flexibility index (Phi) is 7.36. The molecule has 5 heteroatoms. The zero-order valence-corrected chi connectivity index (χ0v) is 14.8. The Balaban J connectivity index is 1.54. The third-order valence-electron chi connectivity index (χ3n) is 4.38. The minimum absolute atomic E-state index is 0.287. The van der Waals surface area contributed by atoms with E-state index in [1.54, 1.807) is 11.3 Å². The van der Waals surface area contributed by atoms with E-state index in [1.165, 1.54) is 4.88 Å². The van der Waals surface area contributed by atoms with Crippen LogP contribution in [0, 0.1) is 0 Å². The first kappa shape index (κ1) is 17.4. The molecule has 2 rings (SSSR count). The summed E-state index contributed by atoms with van der Waals surface area (Å²) in [4.78, 5) is 20.3. The van der Waals surface area contributed by atoms with E-state index >= 15 is 0 Å². The molecule has 0 radical (unpaired) electrons. The molecule has 1 aliphatic heterocycles. The summed E-state index contributed by atoms with van der Waals surface area (Å²) in [5.74, 6) is 0.287. The third kappa shape index (κ3) is 6.07. The second-order valence-corrected chi connectivity index (χ2v) is 7.28. The largest absolute Gasteiger partial charge is 0.346 e. The maximum Gasteiger partial charge on any atom is 0.222 e. The standard InChI is InChI=1S/C17H29N3OS/c1-18-11-13-20(14-12-18)10-5-9-19(2)17(21)8-3-6-16-7-4-15-22-16/h4,7,15H,3,5-6,8-14H2,1-2H3. The van der Waals surface area contributed by atoms with Gasteiger partial charge in [-0.1, -0.05) is 6.07 Å². The molecule has 1 fully saturated rings. The summed E-state index contributed by atoms with van der Waals surface area (Å²) in [6.45, 7) is 6.64. The van der Waals surface area contributed by atoms with Gasteiger partial charge >= 0.3 is 0 Å². The molecule has 1 aromatic heterocycles. The van der Waals surface area contributed by atoms with Crippen LogP contribution in [0.4, 0.5) is 0 Å². The van der Waals surface area contributed by atoms with Gasteiger partial charge in [-0.25, -0.2) is 0 Å². The number of amides is 1. The van der Waals surface area contributed by atoms with Crippen LogP contribution in [0.1, 0.15) is 24.1 Å². The molecule has 2 heterocycles. The molecule has 1 aliphatic rings. The number of likely N-dealkylation sites (N-methyl/N-ethyl adjacent to an activating group) is 1. The zero-order chi connectivity index (χ0) is 15.8. The van der Waals surface area contributed by atoms with Gasteiger partial charge in [0.1, 0.15) is 0 Å². The SMILES string of the molecule is CN1CCN(CCCN(C)C(=O)CCCc2cccs2)CC1. The second-order valence-electron chi connectivity index (χ2n) is 6.25. The van der Waals surface area contributed by atoms with Crippen molar-refractivity contribution in [3.63, 3.8) is 0 Å². The summed E-state index contributed by atoms with van der Waals surface area (Å²) in [5, 5.41) is 2.10. The van der Waals surface area contributed by atoms with E-state index in [0.717, 1.165) is 58.5 Å². The number of thiophene rings is 1. The molecule has 1 aromatic rings. The second kappa shape index (κ2) is 9.28. The first-order valence-corrected chi connectivity index (χ1v) is 9.20. The lowest BCUT2D eigenvalue weighted by Crippen LogP contribution is -2.45. The lowest BCUT2D eigenvalue weighted by atomic mass is 10.2. The third-order valence-corrected chi connectivity index (χ3v) is 5.32. The van der Waals surface area contributed by atoms with E-state index in [1.807, 2.05) is 11.9 Å². The molecule has 0 aromatic carbocycles. The van der Waals surface area contributed by atoms with Crippen molar-refractivity contribution in [2.24, 2.45) is 0 Å². The number of hydrogen-bond acceptors (Lipinski definition) is 4. The quantitative estimate of drug-likeness (QED) is 0.733. The molecule has 0 saturated carbocycles.